The van der Waals surface area contributed by atoms with Crippen LogP contribution in [0.15, 0.2) is 0 Å². The van der Waals surface area contributed by atoms with Crippen LogP contribution in [-0.2, 0) is 6.54 Å². The maximum atomic E-state index is 4.20. The first-order valence-electron chi connectivity index (χ1n) is 5.44. The van der Waals surface area contributed by atoms with E-state index in [-0.39, 0.29) is 0 Å². The lowest BCUT2D eigenvalue weighted by Crippen LogP contribution is -2.17. The molecule has 1 saturated carbocycles. The van der Waals surface area contributed by atoms with Gasteiger partial charge >= 0.3 is 0 Å². The summed E-state index contributed by atoms with van der Waals surface area (Å²) in [7, 11) is 0. The number of rotatable bonds is 5. The van der Waals surface area contributed by atoms with Gasteiger partial charge < -0.3 is 9.88 Å². The van der Waals surface area contributed by atoms with Gasteiger partial charge in [0.2, 0.25) is 0 Å². The molecule has 1 aromatic rings. The Morgan fingerprint density at radius 3 is 2.86 bits per heavy atom. The fraction of sp³-hybridized carbons (Fsp3) is 0.800. The summed E-state index contributed by atoms with van der Waals surface area (Å²) in [6.07, 6.45) is 3.75. The van der Waals surface area contributed by atoms with Gasteiger partial charge in [-0.25, -0.2) is 0 Å². The van der Waals surface area contributed by atoms with Crippen molar-refractivity contribution in [1.82, 2.24) is 20.1 Å². The Kier molecular flexibility index (Phi) is 2.82. The number of hydrogen-bond donors (Lipinski definition) is 1. The van der Waals surface area contributed by atoms with Gasteiger partial charge in [0.1, 0.15) is 11.6 Å². The van der Waals surface area contributed by atoms with Crippen LogP contribution in [0.2, 0.25) is 0 Å². The van der Waals surface area contributed by atoms with Crippen LogP contribution in [0.1, 0.15) is 43.9 Å². The maximum Gasteiger partial charge on any atom is 0.147 e. The Hall–Kier alpha value is -0.900. The van der Waals surface area contributed by atoms with Crippen LogP contribution in [-0.4, -0.2) is 21.3 Å². The Labute approximate surface area is 84.7 Å². The quantitative estimate of drug-likeness (QED) is 0.721. The van der Waals surface area contributed by atoms with Crippen molar-refractivity contribution in [2.75, 3.05) is 6.54 Å². The second-order valence-corrected chi connectivity index (χ2v) is 3.94. The van der Waals surface area contributed by atoms with Crippen LogP contribution >= 0.6 is 0 Å². The van der Waals surface area contributed by atoms with E-state index in [0.29, 0.717) is 6.04 Å². The van der Waals surface area contributed by atoms with Crippen LogP contribution < -0.4 is 5.32 Å². The average molecular weight is 194 g/mol. The van der Waals surface area contributed by atoms with Crippen molar-refractivity contribution in [1.29, 1.82) is 0 Å². The third kappa shape index (κ3) is 1.95. The molecule has 0 bridgehead atoms. The summed E-state index contributed by atoms with van der Waals surface area (Å²) < 4.78 is 2.28. The minimum absolute atomic E-state index is 0.684. The zero-order valence-electron chi connectivity index (χ0n) is 8.95. The molecule has 0 atom stereocenters. The molecule has 1 fully saturated rings. The van der Waals surface area contributed by atoms with Gasteiger partial charge in [-0.3, -0.25) is 0 Å². The monoisotopic (exact) mass is 194 g/mol. The smallest absolute Gasteiger partial charge is 0.147 e. The normalized spacial score (nSPS) is 16.1. The van der Waals surface area contributed by atoms with E-state index in [1.54, 1.807) is 0 Å². The molecule has 78 valence electrons. The zero-order valence-corrected chi connectivity index (χ0v) is 8.95. The molecule has 4 nitrogen and oxygen atoms in total. The topological polar surface area (TPSA) is 42.7 Å². The fourth-order valence-corrected chi connectivity index (χ4v) is 1.72. The Bertz CT molecular complexity index is 301. The lowest BCUT2D eigenvalue weighted by Gasteiger charge is -2.06. The molecular formula is C10H18N4. The predicted molar refractivity (Wildman–Crippen MR) is 55.0 cm³/mol. The van der Waals surface area contributed by atoms with E-state index in [2.05, 4.69) is 27.0 Å². The number of hydrogen-bond acceptors (Lipinski definition) is 3. The minimum Gasteiger partial charge on any atom is -0.311 e. The molecule has 1 aromatic heterocycles. The van der Waals surface area contributed by atoms with E-state index in [4.69, 9.17) is 0 Å². The molecule has 2 rings (SSSR count). The third-order valence-corrected chi connectivity index (χ3v) is 2.56. The highest BCUT2D eigenvalue weighted by molar-refractivity contribution is 5.01. The van der Waals surface area contributed by atoms with E-state index >= 15 is 0 Å². The first-order chi connectivity index (χ1) is 6.83. The molecule has 0 amide bonds. The first kappa shape index (κ1) is 9.65. The highest BCUT2D eigenvalue weighted by Gasteiger charge is 2.27. The van der Waals surface area contributed by atoms with E-state index in [9.17, 15) is 0 Å². The Morgan fingerprint density at radius 2 is 2.21 bits per heavy atom. The van der Waals surface area contributed by atoms with Gasteiger partial charge in [-0.15, -0.1) is 10.2 Å². The number of aryl methyl sites for hydroxylation is 1. The van der Waals surface area contributed by atoms with Crippen molar-refractivity contribution in [3.63, 3.8) is 0 Å². The highest BCUT2D eigenvalue weighted by atomic mass is 15.3. The first-order valence-corrected chi connectivity index (χ1v) is 5.44. The lowest BCUT2D eigenvalue weighted by atomic mass is 10.4. The van der Waals surface area contributed by atoms with E-state index in [1.807, 2.05) is 6.92 Å². The SMILES string of the molecule is CCCNCc1nnc(C)n1C1CC1. The molecule has 0 saturated heterocycles. The molecule has 1 heterocycles. The summed E-state index contributed by atoms with van der Waals surface area (Å²) in [6.45, 7) is 6.11. The van der Waals surface area contributed by atoms with Gasteiger partial charge in [-0.05, 0) is 32.7 Å². The largest absolute Gasteiger partial charge is 0.311 e. The van der Waals surface area contributed by atoms with Crippen LogP contribution in [0.4, 0.5) is 0 Å². The van der Waals surface area contributed by atoms with Gasteiger partial charge in [0, 0.05) is 6.04 Å². The number of nitrogens with zero attached hydrogens (tertiary/aromatic N) is 3. The van der Waals surface area contributed by atoms with Crippen LogP contribution in [0.5, 0.6) is 0 Å². The van der Waals surface area contributed by atoms with E-state index < -0.39 is 0 Å². The summed E-state index contributed by atoms with van der Waals surface area (Å²) in [5, 5.41) is 11.7. The Balaban J connectivity index is 2.01. The minimum atomic E-state index is 0.684. The summed E-state index contributed by atoms with van der Waals surface area (Å²) in [5.41, 5.74) is 0. The molecule has 1 aliphatic rings. The predicted octanol–water partition coefficient (Wildman–Crippen LogP) is 1.42. The Morgan fingerprint density at radius 1 is 1.43 bits per heavy atom. The number of nitrogens with one attached hydrogen (secondary N) is 1. The second kappa shape index (κ2) is 4.09. The molecule has 14 heavy (non-hydrogen) atoms. The van der Waals surface area contributed by atoms with Crippen LogP contribution in [0.25, 0.3) is 0 Å². The molecule has 0 aliphatic heterocycles. The van der Waals surface area contributed by atoms with Gasteiger partial charge in [0.25, 0.3) is 0 Å². The molecule has 0 aromatic carbocycles. The van der Waals surface area contributed by atoms with Crippen molar-refractivity contribution in [2.24, 2.45) is 0 Å². The zero-order chi connectivity index (χ0) is 9.97. The van der Waals surface area contributed by atoms with Crippen molar-refractivity contribution >= 4 is 0 Å². The summed E-state index contributed by atoms with van der Waals surface area (Å²) in [6, 6.07) is 0.684. The van der Waals surface area contributed by atoms with Crippen LogP contribution in [0.3, 0.4) is 0 Å². The van der Waals surface area contributed by atoms with Crippen molar-refractivity contribution in [3.8, 4) is 0 Å². The second-order valence-electron chi connectivity index (χ2n) is 3.94. The van der Waals surface area contributed by atoms with Crippen molar-refractivity contribution in [3.05, 3.63) is 11.6 Å². The molecule has 0 unspecified atom stereocenters. The van der Waals surface area contributed by atoms with Gasteiger partial charge in [-0.2, -0.15) is 0 Å². The summed E-state index contributed by atoms with van der Waals surface area (Å²) in [4.78, 5) is 0. The summed E-state index contributed by atoms with van der Waals surface area (Å²) >= 11 is 0. The molecule has 0 spiro atoms. The van der Waals surface area contributed by atoms with Crippen LogP contribution in [0, 0.1) is 6.92 Å². The lowest BCUT2D eigenvalue weighted by molar-refractivity contribution is 0.595. The molecular weight excluding hydrogens is 176 g/mol. The molecule has 1 aliphatic carbocycles. The average Bonchev–Trinajstić information content (AvgIpc) is 2.93. The highest BCUT2D eigenvalue weighted by Crippen LogP contribution is 2.36. The summed E-state index contributed by atoms with van der Waals surface area (Å²) in [5.74, 6) is 2.15. The van der Waals surface area contributed by atoms with E-state index in [1.165, 1.54) is 12.8 Å². The maximum absolute atomic E-state index is 4.20. The number of aromatic nitrogens is 3. The molecule has 1 N–H and O–H groups in total. The van der Waals surface area contributed by atoms with Crippen molar-refractivity contribution in [2.45, 2.75) is 45.7 Å². The van der Waals surface area contributed by atoms with E-state index in [0.717, 1.165) is 31.2 Å². The molecule has 0 radical (unpaired) electrons. The van der Waals surface area contributed by atoms with Gasteiger partial charge in [0.05, 0.1) is 6.54 Å². The van der Waals surface area contributed by atoms with Crippen molar-refractivity contribution < 1.29 is 0 Å². The molecule has 4 heteroatoms. The van der Waals surface area contributed by atoms with Gasteiger partial charge in [-0.1, -0.05) is 6.92 Å². The third-order valence-electron chi connectivity index (χ3n) is 2.56. The van der Waals surface area contributed by atoms with Gasteiger partial charge in [0.15, 0.2) is 0 Å². The fourth-order valence-electron chi connectivity index (χ4n) is 1.72. The standard InChI is InChI=1S/C10H18N4/c1-3-6-11-7-10-13-12-8(2)14(10)9-4-5-9/h9,11H,3-7H2,1-2H3.